The molecule has 1 aromatic carbocycles. The smallest absolute Gasteiger partial charge is 0.211 e. The lowest BCUT2D eigenvalue weighted by atomic mass is 9.92. The molecule has 6 heteroatoms. The molecule has 0 atom stereocenters. The number of allylic oxidation sites excluding steroid dienone is 2. The Bertz CT molecular complexity index is 686. The summed E-state index contributed by atoms with van der Waals surface area (Å²) in [5, 5.41) is 2.51. The molecule has 1 N–H and O–H groups in total. The van der Waals surface area contributed by atoms with Gasteiger partial charge in [0.1, 0.15) is 10.6 Å². The second kappa shape index (κ2) is 4.06. The van der Waals surface area contributed by atoms with E-state index in [4.69, 9.17) is 0 Å². The normalized spacial score (nSPS) is 15.7. The minimum Gasteiger partial charge on any atom is -0.384 e. The highest BCUT2D eigenvalue weighted by Gasteiger charge is 2.36. The number of hydrogen-bond acceptors (Lipinski definition) is 5. The molecule has 0 heterocycles. The average molecular weight is 265 g/mol. The van der Waals surface area contributed by atoms with E-state index in [1.54, 1.807) is 12.1 Å². The Hall–Kier alpha value is -1.95. The van der Waals surface area contributed by atoms with E-state index in [-0.39, 0.29) is 16.8 Å². The molecule has 2 rings (SSSR count). The standard InChI is InChI=1S/C12H11NO4S/c1-13-9-10(14)7-5-3-4-6-8(7)11(15)12(9)18(2,16)17/h3-6,13H,1-2H3. The Balaban J connectivity index is 2.81. The zero-order valence-corrected chi connectivity index (χ0v) is 10.7. The van der Waals surface area contributed by atoms with E-state index in [9.17, 15) is 18.0 Å². The van der Waals surface area contributed by atoms with Gasteiger partial charge in [-0.05, 0) is 0 Å². The molecule has 0 radical (unpaired) electrons. The number of likely N-dealkylation sites (N-methyl/N-ethyl adjacent to an activating group) is 1. The Morgan fingerprint density at radius 3 is 1.94 bits per heavy atom. The maximum absolute atomic E-state index is 12.1. The molecule has 1 aliphatic rings. The first kappa shape index (κ1) is 12.5. The number of ketones is 2. The first-order valence-corrected chi connectivity index (χ1v) is 7.07. The van der Waals surface area contributed by atoms with Gasteiger partial charge in [-0.15, -0.1) is 0 Å². The van der Waals surface area contributed by atoms with Gasteiger partial charge < -0.3 is 5.32 Å². The van der Waals surface area contributed by atoms with Crippen LogP contribution in [0.1, 0.15) is 20.7 Å². The maximum atomic E-state index is 12.1. The van der Waals surface area contributed by atoms with Crippen LogP contribution in [0.15, 0.2) is 34.9 Å². The highest BCUT2D eigenvalue weighted by atomic mass is 32.2. The van der Waals surface area contributed by atoms with Crippen LogP contribution in [0.5, 0.6) is 0 Å². The summed E-state index contributed by atoms with van der Waals surface area (Å²) in [6.45, 7) is 0. The Labute approximate surface area is 104 Å². The second-order valence-electron chi connectivity index (χ2n) is 3.93. The molecule has 1 aromatic rings. The summed E-state index contributed by atoms with van der Waals surface area (Å²) in [4.78, 5) is 23.8. The van der Waals surface area contributed by atoms with Crippen LogP contribution in [0.4, 0.5) is 0 Å². The number of sulfone groups is 1. The molecule has 0 saturated heterocycles. The van der Waals surface area contributed by atoms with Gasteiger partial charge in [0, 0.05) is 24.4 Å². The van der Waals surface area contributed by atoms with Gasteiger partial charge >= 0.3 is 0 Å². The fourth-order valence-electron chi connectivity index (χ4n) is 1.93. The molecule has 5 nitrogen and oxygen atoms in total. The van der Waals surface area contributed by atoms with Crippen molar-refractivity contribution in [2.75, 3.05) is 13.3 Å². The van der Waals surface area contributed by atoms with E-state index < -0.39 is 26.3 Å². The van der Waals surface area contributed by atoms with Crippen LogP contribution in [-0.4, -0.2) is 33.3 Å². The fraction of sp³-hybridized carbons (Fsp3) is 0.167. The molecule has 94 valence electrons. The third-order valence-corrected chi connectivity index (χ3v) is 3.83. The van der Waals surface area contributed by atoms with Crippen molar-refractivity contribution in [2.45, 2.75) is 0 Å². The van der Waals surface area contributed by atoms with Crippen LogP contribution in [0.25, 0.3) is 0 Å². The van der Waals surface area contributed by atoms with Gasteiger partial charge in [0.05, 0.1) is 0 Å². The van der Waals surface area contributed by atoms with Crippen molar-refractivity contribution in [3.05, 3.63) is 46.0 Å². The molecule has 18 heavy (non-hydrogen) atoms. The molecule has 0 saturated carbocycles. The van der Waals surface area contributed by atoms with Crippen LogP contribution >= 0.6 is 0 Å². The summed E-state index contributed by atoms with van der Waals surface area (Å²) in [5.74, 6) is -1.12. The zero-order chi connectivity index (χ0) is 13.5. The maximum Gasteiger partial charge on any atom is 0.211 e. The molecule has 0 unspecified atom stereocenters. The highest BCUT2D eigenvalue weighted by molar-refractivity contribution is 7.95. The van der Waals surface area contributed by atoms with Crippen LogP contribution in [0, 0.1) is 0 Å². The molecule has 0 spiro atoms. The summed E-state index contributed by atoms with van der Waals surface area (Å²) in [6, 6.07) is 6.18. The summed E-state index contributed by atoms with van der Waals surface area (Å²) in [5.41, 5.74) is 0.183. The number of benzene rings is 1. The first-order valence-electron chi connectivity index (χ1n) is 5.18. The van der Waals surface area contributed by atoms with Crippen LogP contribution in [0.2, 0.25) is 0 Å². The van der Waals surface area contributed by atoms with Gasteiger partial charge in [0.2, 0.25) is 11.6 Å². The van der Waals surface area contributed by atoms with Crippen LogP contribution in [-0.2, 0) is 9.84 Å². The lowest BCUT2D eigenvalue weighted by Crippen LogP contribution is -2.31. The number of fused-ring (bicyclic) bond motifs is 1. The Morgan fingerprint density at radius 1 is 1.00 bits per heavy atom. The lowest BCUT2D eigenvalue weighted by Gasteiger charge is -2.19. The van der Waals surface area contributed by atoms with Crippen molar-refractivity contribution in [3.8, 4) is 0 Å². The molecular formula is C12H11NO4S. The van der Waals surface area contributed by atoms with Crippen molar-refractivity contribution in [2.24, 2.45) is 0 Å². The minimum atomic E-state index is -3.77. The van der Waals surface area contributed by atoms with E-state index in [0.29, 0.717) is 0 Å². The van der Waals surface area contributed by atoms with Crippen LogP contribution < -0.4 is 5.32 Å². The van der Waals surface area contributed by atoms with Gasteiger partial charge in [-0.2, -0.15) is 0 Å². The largest absolute Gasteiger partial charge is 0.384 e. The van der Waals surface area contributed by atoms with Gasteiger partial charge in [0.25, 0.3) is 0 Å². The number of carbonyl (C=O) groups is 2. The number of nitrogens with one attached hydrogen (secondary N) is 1. The van der Waals surface area contributed by atoms with Crippen molar-refractivity contribution < 1.29 is 18.0 Å². The SMILES string of the molecule is CNC1=C(S(C)(=O)=O)C(=O)c2ccccc2C1=O. The van der Waals surface area contributed by atoms with Crippen LogP contribution in [0.3, 0.4) is 0 Å². The molecule has 0 aliphatic heterocycles. The molecule has 0 fully saturated rings. The summed E-state index contributed by atoms with van der Waals surface area (Å²) < 4.78 is 23.3. The Kier molecular flexibility index (Phi) is 2.82. The van der Waals surface area contributed by atoms with Crippen molar-refractivity contribution >= 4 is 21.4 Å². The fourth-order valence-corrected chi connectivity index (χ4v) is 2.95. The Morgan fingerprint density at radius 2 is 1.50 bits per heavy atom. The molecule has 0 aromatic heterocycles. The zero-order valence-electron chi connectivity index (χ0n) is 9.85. The minimum absolute atomic E-state index is 0.127. The topological polar surface area (TPSA) is 80.3 Å². The first-order chi connectivity index (χ1) is 8.38. The molecular weight excluding hydrogens is 254 g/mol. The van der Waals surface area contributed by atoms with Crippen molar-refractivity contribution in [3.63, 3.8) is 0 Å². The quantitative estimate of drug-likeness (QED) is 0.844. The van der Waals surface area contributed by atoms with Gasteiger partial charge in [-0.3, -0.25) is 9.59 Å². The summed E-state index contributed by atoms with van der Waals surface area (Å²) in [6.07, 6.45) is 0.915. The van der Waals surface area contributed by atoms with Crippen molar-refractivity contribution in [1.82, 2.24) is 5.32 Å². The van der Waals surface area contributed by atoms with E-state index in [0.717, 1.165) is 6.26 Å². The number of carbonyl (C=O) groups excluding carboxylic acids is 2. The van der Waals surface area contributed by atoms with E-state index in [1.165, 1.54) is 19.2 Å². The monoisotopic (exact) mass is 265 g/mol. The van der Waals surface area contributed by atoms with Crippen molar-refractivity contribution in [1.29, 1.82) is 0 Å². The summed E-state index contributed by atoms with van der Waals surface area (Å²) in [7, 11) is -2.35. The highest BCUT2D eigenvalue weighted by Crippen LogP contribution is 2.27. The predicted molar refractivity (Wildman–Crippen MR) is 66.0 cm³/mol. The third-order valence-electron chi connectivity index (χ3n) is 2.70. The molecule has 0 amide bonds. The van der Waals surface area contributed by atoms with Gasteiger partial charge in [-0.1, -0.05) is 24.3 Å². The summed E-state index contributed by atoms with van der Waals surface area (Å²) >= 11 is 0. The number of hydrogen-bond donors (Lipinski definition) is 1. The van der Waals surface area contributed by atoms with E-state index in [2.05, 4.69) is 5.32 Å². The van der Waals surface area contributed by atoms with Gasteiger partial charge in [-0.25, -0.2) is 8.42 Å². The van der Waals surface area contributed by atoms with Gasteiger partial charge in [0.15, 0.2) is 9.84 Å². The average Bonchev–Trinajstić information content (AvgIpc) is 2.32. The van der Waals surface area contributed by atoms with E-state index in [1.807, 2.05) is 0 Å². The number of rotatable bonds is 2. The third kappa shape index (κ3) is 1.74. The molecule has 0 bridgehead atoms. The van der Waals surface area contributed by atoms with E-state index >= 15 is 0 Å². The number of Topliss-reactive ketones (excluding diaryl/α,β-unsaturated/α-hetero) is 2. The predicted octanol–water partition coefficient (Wildman–Crippen LogP) is 0.541. The molecule has 1 aliphatic carbocycles. The second-order valence-corrected chi connectivity index (χ2v) is 5.88. The lowest BCUT2D eigenvalue weighted by molar-refractivity contribution is 0.0975.